The highest BCUT2D eigenvalue weighted by molar-refractivity contribution is 5.56. The van der Waals surface area contributed by atoms with Gasteiger partial charge in [-0.3, -0.25) is 19.6 Å². The molecule has 0 aromatic carbocycles. The second-order valence-electron chi connectivity index (χ2n) is 7.07. The van der Waals surface area contributed by atoms with E-state index in [1.807, 2.05) is 25.1 Å². The molecule has 0 aliphatic carbocycles. The molecule has 1 aliphatic heterocycles. The van der Waals surface area contributed by atoms with Gasteiger partial charge < -0.3 is 4.52 Å². The van der Waals surface area contributed by atoms with Crippen molar-refractivity contribution in [1.29, 1.82) is 0 Å². The summed E-state index contributed by atoms with van der Waals surface area (Å²) in [6.07, 6.45) is 3.48. The number of hydrogen-bond acceptors (Lipinski definition) is 7. The molecule has 4 heterocycles. The monoisotopic (exact) mass is 380 g/mol. The average Bonchev–Trinajstić information content (AvgIpc) is 3.14. The molecule has 0 amide bonds. The molecule has 0 saturated carbocycles. The summed E-state index contributed by atoms with van der Waals surface area (Å²) in [4.78, 5) is 21.0. The fraction of sp³-hybridized carbons (Fsp3) is 0.400. The first-order chi connectivity index (χ1) is 13.7. The van der Waals surface area contributed by atoms with Crippen LogP contribution in [0.4, 0.5) is 0 Å². The van der Waals surface area contributed by atoms with Gasteiger partial charge in [0.05, 0.1) is 24.5 Å². The quantitative estimate of drug-likeness (QED) is 0.640. The fourth-order valence-corrected chi connectivity index (χ4v) is 3.40. The molecule has 1 saturated heterocycles. The van der Waals surface area contributed by atoms with Crippen molar-refractivity contribution in [3.63, 3.8) is 0 Å². The van der Waals surface area contributed by atoms with E-state index in [0.29, 0.717) is 6.54 Å². The van der Waals surface area contributed by atoms with Gasteiger partial charge in [0.15, 0.2) is 5.76 Å². The number of hydrogen-bond donors (Lipinski definition) is 0. The predicted octanol–water partition coefficient (Wildman–Crippen LogP) is 1.42. The second-order valence-corrected chi connectivity index (χ2v) is 7.07. The van der Waals surface area contributed by atoms with Crippen molar-refractivity contribution in [2.24, 2.45) is 0 Å². The third-order valence-electron chi connectivity index (χ3n) is 4.97. The first kappa shape index (κ1) is 18.5. The zero-order valence-electron chi connectivity index (χ0n) is 16.0. The fourth-order valence-electron chi connectivity index (χ4n) is 3.40. The number of rotatable bonds is 6. The molecule has 8 nitrogen and oxygen atoms in total. The molecule has 0 radical (unpaired) electrons. The van der Waals surface area contributed by atoms with Crippen LogP contribution in [-0.4, -0.2) is 62.4 Å². The van der Waals surface area contributed by atoms with Crippen LogP contribution in [0.2, 0.25) is 0 Å². The molecule has 28 heavy (non-hydrogen) atoms. The van der Waals surface area contributed by atoms with Crippen LogP contribution >= 0.6 is 0 Å². The van der Waals surface area contributed by atoms with E-state index < -0.39 is 0 Å². The molecule has 0 spiro atoms. The molecule has 1 aliphatic rings. The van der Waals surface area contributed by atoms with Crippen molar-refractivity contribution in [2.75, 3.05) is 32.7 Å². The lowest BCUT2D eigenvalue weighted by Gasteiger charge is -2.34. The zero-order chi connectivity index (χ0) is 19.3. The van der Waals surface area contributed by atoms with Gasteiger partial charge in [-0.05, 0) is 25.1 Å². The highest BCUT2D eigenvalue weighted by Crippen LogP contribution is 2.13. The van der Waals surface area contributed by atoms with Crippen LogP contribution in [0.3, 0.4) is 0 Å². The Labute approximate surface area is 163 Å². The van der Waals surface area contributed by atoms with Crippen LogP contribution < -0.4 is 5.56 Å². The van der Waals surface area contributed by atoms with Gasteiger partial charge in [0.2, 0.25) is 0 Å². The summed E-state index contributed by atoms with van der Waals surface area (Å²) in [5.74, 6) is 0.911. The Balaban J connectivity index is 1.31. The molecule has 146 valence electrons. The first-order valence-electron chi connectivity index (χ1n) is 9.53. The number of aromatic nitrogens is 4. The van der Waals surface area contributed by atoms with E-state index in [9.17, 15) is 4.79 Å². The minimum absolute atomic E-state index is 0.0769. The molecule has 3 aromatic rings. The number of piperazine rings is 1. The third kappa shape index (κ3) is 4.52. The van der Waals surface area contributed by atoms with Crippen LogP contribution in [0.1, 0.15) is 11.5 Å². The van der Waals surface area contributed by atoms with Crippen molar-refractivity contribution >= 4 is 0 Å². The Bertz CT molecular complexity index is 960. The molecular weight excluding hydrogens is 356 g/mol. The minimum atomic E-state index is -0.0769. The molecule has 3 aromatic heterocycles. The Morgan fingerprint density at radius 3 is 2.61 bits per heavy atom. The van der Waals surface area contributed by atoms with E-state index in [-0.39, 0.29) is 5.56 Å². The standard InChI is InChI=1S/C20H24N6O2/c1-16-13-18(28-23-16)15-25-9-7-24(8-10-25)11-12-26-20(27)5-4-19(22-26)17-3-2-6-21-14-17/h2-6,13-14H,7-12,15H2,1H3. The lowest BCUT2D eigenvalue weighted by atomic mass is 10.2. The highest BCUT2D eigenvalue weighted by Gasteiger charge is 2.18. The van der Waals surface area contributed by atoms with E-state index in [1.54, 1.807) is 29.2 Å². The average molecular weight is 380 g/mol. The number of aryl methyl sites for hydroxylation is 1. The zero-order valence-corrected chi connectivity index (χ0v) is 16.0. The molecule has 0 unspecified atom stereocenters. The van der Waals surface area contributed by atoms with E-state index in [2.05, 4.69) is 25.0 Å². The summed E-state index contributed by atoms with van der Waals surface area (Å²) in [7, 11) is 0. The summed E-state index contributed by atoms with van der Waals surface area (Å²) in [6.45, 7) is 7.98. The Kier molecular flexibility index (Phi) is 5.59. The highest BCUT2D eigenvalue weighted by atomic mass is 16.5. The summed E-state index contributed by atoms with van der Waals surface area (Å²) < 4.78 is 6.85. The van der Waals surface area contributed by atoms with Crippen molar-refractivity contribution < 1.29 is 4.52 Å². The lowest BCUT2D eigenvalue weighted by Crippen LogP contribution is -2.47. The summed E-state index contributed by atoms with van der Waals surface area (Å²) in [6, 6.07) is 9.12. The maximum atomic E-state index is 12.2. The largest absolute Gasteiger partial charge is 0.360 e. The molecule has 0 atom stereocenters. The molecule has 0 N–H and O–H groups in total. The van der Waals surface area contributed by atoms with Gasteiger partial charge >= 0.3 is 0 Å². The van der Waals surface area contributed by atoms with Crippen molar-refractivity contribution in [1.82, 2.24) is 29.7 Å². The van der Waals surface area contributed by atoms with Crippen LogP contribution in [0.15, 0.2) is 52.0 Å². The molecule has 8 heteroatoms. The van der Waals surface area contributed by atoms with Crippen LogP contribution in [0.5, 0.6) is 0 Å². The maximum Gasteiger partial charge on any atom is 0.266 e. The summed E-state index contributed by atoms with van der Waals surface area (Å²) in [5, 5.41) is 8.45. The molecule has 4 rings (SSSR count). The maximum absolute atomic E-state index is 12.2. The minimum Gasteiger partial charge on any atom is -0.360 e. The molecule has 0 bridgehead atoms. The first-order valence-corrected chi connectivity index (χ1v) is 9.53. The predicted molar refractivity (Wildman–Crippen MR) is 105 cm³/mol. The molecular formula is C20H24N6O2. The van der Waals surface area contributed by atoms with Gasteiger partial charge in [-0.2, -0.15) is 5.10 Å². The van der Waals surface area contributed by atoms with Crippen LogP contribution in [0.25, 0.3) is 11.3 Å². The topological polar surface area (TPSA) is 80.3 Å². The third-order valence-corrected chi connectivity index (χ3v) is 4.97. The Hall–Kier alpha value is -2.84. The normalized spacial score (nSPS) is 15.8. The van der Waals surface area contributed by atoms with E-state index in [4.69, 9.17) is 4.52 Å². The van der Waals surface area contributed by atoms with Gasteiger partial charge in [-0.15, -0.1) is 0 Å². The van der Waals surface area contributed by atoms with Gasteiger partial charge in [0.25, 0.3) is 5.56 Å². The number of pyridine rings is 1. The van der Waals surface area contributed by atoms with Gasteiger partial charge in [0.1, 0.15) is 0 Å². The summed E-state index contributed by atoms with van der Waals surface area (Å²) in [5.41, 5.74) is 2.51. The molecule has 1 fully saturated rings. The van der Waals surface area contributed by atoms with Crippen molar-refractivity contribution in [2.45, 2.75) is 20.0 Å². The van der Waals surface area contributed by atoms with E-state index >= 15 is 0 Å². The van der Waals surface area contributed by atoms with Gasteiger partial charge in [-0.25, -0.2) is 4.68 Å². The van der Waals surface area contributed by atoms with Crippen LogP contribution in [0, 0.1) is 6.92 Å². The van der Waals surface area contributed by atoms with E-state index in [1.165, 1.54) is 0 Å². The van der Waals surface area contributed by atoms with Crippen molar-refractivity contribution in [3.8, 4) is 11.3 Å². The van der Waals surface area contributed by atoms with E-state index in [0.717, 1.165) is 62.0 Å². The SMILES string of the molecule is Cc1cc(CN2CCN(CCn3nc(-c4cccnc4)ccc3=O)CC2)on1. The van der Waals surface area contributed by atoms with Crippen molar-refractivity contribution in [3.05, 3.63) is 64.5 Å². The lowest BCUT2D eigenvalue weighted by molar-refractivity contribution is 0.114. The summed E-state index contributed by atoms with van der Waals surface area (Å²) >= 11 is 0. The van der Waals surface area contributed by atoms with Crippen LogP contribution in [-0.2, 0) is 13.1 Å². The smallest absolute Gasteiger partial charge is 0.266 e. The number of nitrogens with zero attached hydrogens (tertiary/aromatic N) is 6. The van der Waals surface area contributed by atoms with Gasteiger partial charge in [-0.1, -0.05) is 5.16 Å². The Morgan fingerprint density at radius 2 is 1.89 bits per heavy atom. The second kappa shape index (κ2) is 8.45. The van der Waals surface area contributed by atoms with Gasteiger partial charge in [0, 0.05) is 62.8 Å². The Morgan fingerprint density at radius 1 is 1.07 bits per heavy atom.